The summed E-state index contributed by atoms with van der Waals surface area (Å²) in [6.07, 6.45) is 1.65. The number of rotatable bonds is 7. The summed E-state index contributed by atoms with van der Waals surface area (Å²) in [5, 5.41) is 11.4. The number of aromatic nitrogens is 4. The van der Waals surface area contributed by atoms with Gasteiger partial charge in [0.1, 0.15) is 0 Å². The molecule has 1 saturated heterocycles. The van der Waals surface area contributed by atoms with Crippen molar-refractivity contribution in [2.24, 2.45) is 7.05 Å². The number of hydrogen-bond acceptors (Lipinski definition) is 6. The summed E-state index contributed by atoms with van der Waals surface area (Å²) in [4.78, 5) is 2.01. The van der Waals surface area contributed by atoms with E-state index < -0.39 is 10.2 Å². The summed E-state index contributed by atoms with van der Waals surface area (Å²) in [7, 11) is -1.59. The first kappa shape index (κ1) is 17.1. The van der Waals surface area contributed by atoms with Crippen LogP contribution in [0.1, 0.15) is 26.7 Å². The Morgan fingerprint density at radius 3 is 2.14 bits per heavy atom. The van der Waals surface area contributed by atoms with Crippen molar-refractivity contribution in [3.05, 3.63) is 0 Å². The summed E-state index contributed by atoms with van der Waals surface area (Å²) < 4.78 is 30.2. The standard InChI is InChI=1S/C12H25N7O2S/c1-4-6-18(7-5-2)22(20,21)19-10-8-17(9-11-19)12-13-14-15-16(12)3/h4-11H2,1-3H3. The highest BCUT2D eigenvalue weighted by atomic mass is 32.2. The maximum Gasteiger partial charge on any atom is 0.282 e. The van der Waals surface area contributed by atoms with Crippen LogP contribution in [0.4, 0.5) is 5.95 Å². The van der Waals surface area contributed by atoms with E-state index in [9.17, 15) is 8.42 Å². The fraction of sp³-hybridized carbons (Fsp3) is 0.917. The van der Waals surface area contributed by atoms with E-state index >= 15 is 0 Å². The number of aryl methyl sites for hydroxylation is 1. The van der Waals surface area contributed by atoms with E-state index in [0.717, 1.165) is 12.8 Å². The van der Waals surface area contributed by atoms with Crippen molar-refractivity contribution in [3.8, 4) is 0 Å². The second kappa shape index (κ2) is 7.34. The lowest BCUT2D eigenvalue weighted by Crippen LogP contribution is -2.53. The van der Waals surface area contributed by atoms with Gasteiger partial charge in [0.25, 0.3) is 10.2 Å². The second-order valence-corrected chi connectivity index (χ2v) is 7.32. The minimum absolute atomic E-state index is 0.457. The molecule has 2 heterocycles. The molecule has 0 aliphatic carbocycles. The molecule has 0 unspecified atom stereocenters. The van der Waals surface area contributed by atoms with E-state index in [2.05, 4.69) is 15.5 Å². The summed E-state index contributed by atoms with van der Waals surface area (Å²) >= 11 is 0. The molecular formula is C12H25N7O2S. The van der Waals surface area contributed by atoms with Crippen LogP contribution in [0, 0.1) is 0 Å². The summed E-state index contributed by atoms with van der Waals surface area (Å²) in [6.45, 7) is 7.25. The lowest BCUT2D eigenvalue weighted by molar-refractivity contribution is 0.321. The summed E-state index contributed by atoms with van der Waals surface area (Å²) in [5.74, 6) is 0.677. The SMILES string of the molecule is CCCN(CCC)S(=O)(=O)N1CCN(c2nnnn2C)CC1. The highest BCUT2D eigenvalue weighted by Crippen LogP contribution is 2.16. The first-order chi connectivity index (χ1) is 10.5. The van der Waals surface area contributed by atoms with Crippen LogP contribution in [0.25, 0.3) is 0 Å². The largest absolute Gasteiger partial charge is 0.337 e. The molecule has 2 rings (SSSR count). The van der Waals surface area contributed by atoms with Crippen molar-refractivity contribution in [1.82, 2.24) is 28.8 Å². The van der Waals surface area contributed by atoms with Gasteiger partial charge in [-0.05, 0) is 23.3 Å². The van der Waals surface area contributed by atoms with Gasteiger partial charge in [0.15, 0.2) is 0 Å². The molecule has 0 N–H and O–H groups in total. The van der Waals surface area contributed by atoms with E-state index in [4.69, 9.17) is 0 Å². The molecule has 1 aromatic heterocycles. The van der Waals surface area contributed by atoms with Gasteiger partial charge < -0.3 is 4.90 Å². The second-order valence-electron chi connectivity index (χ2n) is 5.40. The molecule has 0 spiro atoms. The van der Waals surface area contributed by atoms with E-state index in [1.807, 2.05) is 18.7 Å². The van der Waals surface area contributed by atoms with Crippen LogP contribution < -0.4 is 4.90 Å². The van der Waals surface area contributed by atoms with E-state index in [1.54, 1.807) is 20.3 Å². The lowest BCUT2D eigenvalue weighted by atomic mass is 10.4. The minimum Gasteiger partial charge on any atom is -0.337 e. The maximum atomic E-state index is 12.7. The molecule has 1 aliphatic rings. The Bertz CT molecular complexity index is 560. The molecule has 10 heteroatoms. The molecule has 0 saturated carbocycles. The fourth-order valence-corrected chi connectivity index (χ4v) is 4.39. The van der Waals surface area contributed by atoms with Crippen LogP contribution in [0.5, 0.6) is 0 Å². The fourth-order valence-electron chi connectivity index (χ4n) is 2.62. The molecule has 0 radical (unpaired) electrons. The predicted octanol–water partition coefficient (Wildman–Crippen LogP) is -0.301. The number of nitrogens with zero attached hydrogens (tertiary/aromatic N) is 7. The van der Waals surface area contributed by atoms with Crippen LogP contribution in [-0.2, 0) is 17.3 Å². The van der Waals surface area contributed by atoms with Gasteiger partial charge in [-0.2, -0.15) is 17.0 Å². The predicted molar refractivity (Wildman–Crippen MR) is 83.7 cm³/mol. The van der Waals surface area contributed by atoms with Crippen molar-refractivity contribution < 1.29 is 8.42 Å². The highest BCUT2D eigenvalue weighted by Gasteiger charge is 2.32. The Kier molecular flexibility index (Phi) is 5.70. The van der Waals surface area contributed by atoms with Gasteiger partial charge in [0, 0.05) is 46.3 Å². The molecule has 1 fully saturated rings. The van der Waals surface area contributed by atoms with Gasteiger partial charge >= 0.3 is 0 Å². The Labute approximate surface area is 132 Å². The van der Waals surface area contributed by atoms with Gasteiger partial charge in [0.05, 0.1) is 0 Å². The van der Waals surface area contributed by atoms with Crippen molar-refractivity contribution in [2.45, 2.75) is 26.7 Å². The Balaban J connectivity index is 2.02. The van der Waals surface area contributed by atoms with Crippen LogP contribution in [0.15, 0.2) is 0 Å². The zero-order chi connectivity index (χ0) is 16.2. The Hall–Kier alpha value is -1.26. The van der Waals surface area contributed by atoms with E-state index in [1.165, 1.54) is 0 Å². The molecule has 0 bridgehead atoms. The van der Waals surface area contributed by atoms with E-state index in [-0.39, 0.29) is 0 Å². The van der Waals surface area contributed by atoms with Crippen LogP contribution >= 0.6 is 0 Å². The number of piperazine rings is 1. The van der Waals surface area contributed by atoms with Crippen LogP contribution in [0.2, 0.25) is 0 Å². The topological polar surface area (TPSA) is 87.5 Å². The Morgan fingerprint density at radius 2 is 1.68 bits per heavy atom. The normalized spacial score (nSPS) is 17.4. The molecular weight excluding hydrogens is 306 g/mol. The van der Waals surface area contributed by atoms with E-state index in [0.29, 0.717) is 45.2 Å². The zero-order valence-corrected chi connectivity index (χ0v) is 14.3. The van der Waals surface area contributed by atoms with Gasteiger partial charge in [0.2, 0.25) is 5.95 Å². The van der Waals surface area contributed by atoms with Crippen LogP contribution in [-0.4, -0.2) is 76.5 Å². The van der Waals surface area contributed by atoms with Gasteiger partial charge in [-0.3, -0.25) is 0 Å². The zero-order valence-electron chi connectivity index (χ0n) is 13.5. The van der Waals surface area contributed by atoms with Crippen molar-refractivity contribution >= 4 is 16.2 Å². The molecule has 0 amide bonds. The van der Waals surface area contributed by atoms with Gasteiger partial charge in [-0.1, -0.05) is 18.9 Å². The molecule has 9 nitrogen and oxygen atoms in total. The lowest BCUT2D eigenvalue weighted by Gasteiger charge is -2.36. The highest BCUT2D eigenvalue weighted by molar-refractivity contribution is 7.86. The monoisotopic (exact) mass is 331 g/mol. The molecule has 0 aromatic carbocycles. The molecule has 126 valence electrons. The quantitative estimate of drug-likeness (QED) is 0.682. The van der Waals surface area contributed by atoms with Crippen molar-refractivity contribution in [2.75, 3.05) is 44.2 Å². The van der Waals surface area contributed by atoms with Crippen LogP contribution in [0.3, 0.4) is 0 Å². The summed E-state index contributed by atoms with van der Waals surface area (Å²) in [6, 6.07) is 0. The van der Waals surface area contributed by atoms with Crippen molar-refractivity contribution in [1.29, 1.82) is 0 Å². The smallest absolute Gasteiger partial charge is 0.282 e. The third kappa shape index (κ3) is 3.55. The average molecular weight is 331 g/mol. The third-order valence-electron chi connectivity index (χ3n) is 3.72. The number of hydrogen-bond donors (Lipinski definition) is 0. The van der Waals surface area contributed by atoms with Gasteiger partial charge in [-0.25, -0.2) is 4.68 Å². The number of anilines is 1. The molecule has 1 aliphatic heterocycles. The molecule has 0 atom stereocenters. The maximum absolute atomic E-state index is 12.7. The minimum atomic E-state index is -3.37. The first-order valence-electron chi connectivity index (χ1n) is 7.73. The third-order valence-corrected chi connectivity index (χ3v) is 5.75. The molecule has 22 heavy (non-hydrogen) atoms. The average Bonchev–Trinajstić information content (AvgIpc) is 2.93. The van der Waals surface area contributed by atoms with Gasteiger partial charge in [-0.15, -0.1) is 0 Å². The Morgan fingerprint density at radius 1 is 1.09 bits per heavy atom. The molecule has 1 aromatic rings. The first-order valence-corrected chi connectivity index (χ1v) is 9.13. The van der Waals surface area contributed by atoms with Crippen molar-refractivity contribution in [3.63, 3.8) is 0 Å². The number of tetrazole rings is 1. The summed E-state index contributed by atoms with van der Waals surface area (Å²) in [5.41, 5.74) is 0.